The molecule has 2 rings (SSSR count). The Bertz CT molecular complexity index is 851. The Balaban J connectivity index is 2.16. The first kappa shape index (κ1) is 19.8. The molecule has 0 radical (unpaired) electrons. The van der Waals surface area contributed by atoms with Crippen LogP contribution in [-0.4, -0.2) is 48.4 Å². The average molecular weight is 375 g/mol. The first-order chi connectivity index (χ1) is 12.6. The number of carbonyl (C=O) groups excluding carboxylic acids is 1. The Morgan fingerprint density at radius 1 is 1.30 bits per heavy atom. The zero-order valence-corrected chi connectivity index (χ0v) is 15.2. The van der Waals surface area contributed by atoms with E-state index in [4.69, 9.17) is 15.7 Å². The number of oxime groups is 1. The van der Waals surface area contributed by atoms with Crippen LogP contribution in [-0.2, 0) is 11.3 Å². The lowest BCUT2D eigenvalue weighted by atomic mass is 10.2. The van der Waals surface area contributed by atoms with Crippen LogP contribution in [0, 0.1) is 0 Å². The van der Waals surface area contributed by atoms with E-state index in [0.29, 0.717) is 16.2 Å². The van der Waals surface area contributed by atoms with E-state index in [0.717, 1.165) is 5.69 Å². The zero-order valence-electron chi connectivity index (χ0n) is 15.2. The molecule has 2 amide bonds. The van der Waals surface area contributed by atoms with Gasteiger partial charge in [-0.15, -0.1) is 0 Å². The molecule has 27 heavy (non-hydrogen) atoms. The lowest BCUT2D eigenvalue weighted by Crippen LogP contribution is -2.39. The fraction of sp³-hybridized carbons (Fsp3) is 0.294. The first-order valence-corrected chi connectivity index (χ1v) is 7.95. The van der Waals surface area contributed by atoms with E-state index >= 15 is 0 Å². The minimum absolute atomic E-state index is 0.0117. The second-order valence-corrected chi connectivity index (χ2v) is 6.65. The van der Waals surface area contributed by atoms with Gasteiger partial charge in [0.15, 0.2) is 5.84 Å². The lowest BCUT2D eigenvalue weighted by Gasteiger charge is -2.23. The molecule has 0 fully saturated rings. The molecule has 0 aliphatic heterocycles. The summed E-state index contributed by atoms with van der Waals surface area (Å²) in [6.07, 6.45) is 0.691. The molecule has 1 aromatic carbocycles. The molecule has 1 aromatic heterocycles. The lowest BCUT2D eigenvalue weighted by molar-refractivity contribution is 0.0253. The van der Waals surface area contributed by atoms with Gasteiger partial charge in [0.2, 0.25) is 0 Å². The predicted molar refractivity (Wildman–Crippen MR) is 95.9 cm³/mol. The number of rotatable bonds is 4. The van der Waals surface area contributed by atoms with Crippen molar-refractivity contribution in [2.45, 2.75) is 32.9 Å². The number of imidazole rings is 1. The number of carboxylic acid groups (broad SMARTS) is 1. The minimum Gasteiger partial charge on any atom is -0.465 e. The minimum atomic E-state index is -1.43. The van der Waals surface area contributed by atoms with Gasteiger partial charge >= 0.3 is 12.2 Å². The quantitative estimate of drug-likeness (QED) is 0.322. The van der Waals surface area contributed by atoms with Crippen LogP contribution in [0.5, 0.6) is 0 Å². The second-order valence-electron chi connectivity index (χ2n) is 6.65. The van der Waals surface area contributed by atoms with Gasteiger partial charge < -0.3 is 25.4 Å². The molecule has 10 nitrogen and oxygen atoms in total. The average Bonchev–Trinajstić information content (AvgIpc) is 3.06. The predicted octanol–water partition coefficient (Wildman–Crippen LogP) is 2.38. The third-order valence-corrected chi connectivity index (χ3v) is 3.37. The molecule has 1 heterocycles. The van der Waals surface area contributed by atoms with Crippen LogP contribution in [0.4, 0.5) is 9.59 Å². The van der Waals surface area contributed by atoms with Crippen molar-refractivity contribution in [3.05, 3.63) is 48.0 Å². The van der Waals surface area contributed by atoms with Crippen molar-refractivity contribution < 1.29 is 24.6 Å². The molecule has 0 aliphatic rings. The molecule has 0 spiro atoms. The molecule has 0 atom stereocenters. The Morgan fingerprint density at radius 2 is 1.93 bits per heavy atom. The number of benzene rings is 1. The maximum absolute atomic E-state index is 12.1. The summed E-state index contributed by atoms with van der Waals surface area (Å²) in [5.74, 6) is -0.0117. The summed E-state index contributed by atoms with van der Waals surface area (Å²) in [6.45, 7) is 4.70. The van der Waals surface area contributed by atoms with E-state index in [1.165, 1.54) is 6.33 Å². The Morgan fingerprint density at radius 3 is 2.44 bits per heavy atom. The topological polar surface area (TPSA) is 143 Å². The summed E-state index contributed by atoms with van der Waals surface area (Å²) in [5, 5.41) is 20.9. The van der Waals surface area contributed by atoms with Gasteiger partial charge in [-0.2, -0.15) is 0 Å². The van der Waals surface area contributed by atoms with E-state index in [1.807, 2.05) is 0 Å². The number of nitrogens with two attached hydrogens (primary N) is 1. The summed E-state index contributed by atoms with van der Waals surface area (Å²) >= 11 is 0. The molecule has 0 saturated heterocycles. The van der Waals surface area contributed by atoms with Crippen molar-refractivity contribution in [2.75, 3.05) is 0 Å². The Kier molecular flexibility index (Phi) is 5.69. The number of amides is 2. The fourth-order valence-electron chi connectivity index (χ4n) is 2.14. The molecular formula is C17H21N5O5. The van der Waals surface area contributed by atoms with E-state index in [1.54, 1.807) is 55.8 Å². The molecule has 10 heteroatoms. The second kappa shape index (κ2) is 7.77. The smallest absolute Gasteiger partial charge is 0.420 e. The van der Waals surface area contributed by atoms with Gasteiger partial charge in [0.05, 0.1) is 18.6 Å². The maximum Gasteiger partial charge on any atom is 0.420 e. The summed E-state index contributed by atoms with van der Waals surface area (Å²) in [4.78, 5) is 28.1. The molecular weight excluding hydrogens is 354 g/mol. The van der Waals surface area contributed by atoms with Gasteiger partial charge in [-0.3, -0.25) is 0 Å². The number of ether oxygens (including phenoxy) is 1. The van der Waals surface area contributed by atoms with Crippen LogP contribution in [0.25, 0.3) is 5.69 Å². The zero-order chi connectivity index (χ0) is 20.2. The van der Waals surface area contributed by atoms with Crippen LogP contribution < -0.4 is 5.73 Å². The van der Waals surface area contributed by atoms with Crippen molar-refractivity contribution >= 4 is 18.0 Å². The molecule has 0 aliphatic carbocycles. The van der Waals surface area contributed by atoms with Crippen LogP contribution in [0.2, 0.25) is 0 Å². The van der Waals surface area contributed by atoms with Gasteiger partial charge in [-0.25, -0.2) is 19.5 Å². The highest BCUT2D eigenvalue weighted by molar-refractivity contribution is 5.97. The largest absolute Gasteiger partial charge is 0.465 e. The highest BCUT2D eigenvalue weighted by atomic mass is 16.6. The number of aromatic nitrogens is 2. The summed E-state index contributed by atoms with van der Waals surface area (Å²) in [6, 6.07) is 6.77. The van der Waals surface area contributed by atoms with E-state index in [9.17, 15) is 14.7 Å². The third-order valence-electron chi connectivity index (χ3n) is 3.37. The van der Waals surface area contributed by atoms with Crippen molar-refractivity contribution in [3.63, 3.8) is 0 Å². The van der Waals surface area contributed by atoms with Crippen LogP contribution >= 0.6 is 0 Å². The monoisotopic (exact) mass is 375 g/mol. The number of imide groups is 1. The molecule has 144 valence electrons. The maximum atomic E-state index is 12.1. The Labute approximate surface area is 155 Å². The molecule has 0 unspecified atom stereocenters. The van der Waals surface area contributed by atoms with E-state index < -0.39 is 17.8 Å². The summed E-state index contributed by atoms with van der Waals surface area (Å²) in [5.41, 5.74) is 6.34. The van der Waals surface area contributed by atoms with Gasteiger partial charge in [0, 0.05) is 17.4 Å². The van der Waals surface area contributed by atoms with Crippen LogP contribution in [0.3, 0.4) is 0 Å². The number of hydrogen-bond donors (Lipinski definition) is 3. The van der Waals surface area contributed by atoms with Gasteiger partial charge in [0.1, 0.15) is 5.60 Å². The Hall–Kier alpha value is -3.56. The van der Waals surface area contributed by atoms with E-state index in [2.05, 4.69) is 10.1 Å². The number of nitrogens with zero attached hydrogens (tertiary/aromatic N) is 4. The number of hydrogen-bond acceptors (Lipinski definition) is 6. The van der Waals surface area contributed by atoms with E-state index in [-0.39, 0.29) is 12.4 Å². The highest BCUT2D eigenvalue weighted by Gasteiger charge is 2.27. The summed E-state index contributed by atoms with van der Waals surface area (Å²) in [7, 11) is 0. The van der Waals surface area contributed by atoms with Crippen molar-refractivity contribution in [1.82, 2.24) is 14.5 Å². The van der Waals surface area contributed by atoms with Gasteiger partial charge in [-0.05, 0) is 45.0 Å². The van der Waals surface area contributed by atoms with Gasteiger partial charge in [0.25, 0.3) is 0 Å². The van der Waals surface area contributed by atoms with Crippen LogP contribution in [0.1, 0.15) is 32.0 Å². The summed E-state index contributed by atoms with van der Waals surface area (Å²) < 4.78 is 6.75. The number of amidine groups is 1. The normalized spacial score (nSPS) is 11.9. The van der Waals surface area contributed by atoms with Crippen LogP contribution in [0.15, 0.2) is 41.9 Å². The van der Waals surface area contributed by atoms with Gasteiger partial charge in [-0.1, -0.05) is 5.16 Å². The van der Waals surface area contributed by atoms with Crippen molar-refractivity contribution in [1.29, 1.82) is 0 Å². The molecule has 4 N–H and O–H groups in total. The first-order valence-electron chi connectivity index (χ1n) is 7.95. The van der Waals surface area contributed by atoms with Crippen molar-refractivity contribution in [2.24, 2.45) is 10.9 Å². The standard InChI is InChI=1S/C17H21N5O5/c1-17(2,3)27-16(25)22(15(23)24)9-12-8-21(10-19-12)13-6-4-11(5-7-13)14(18)20-26/h4-8,10,26H,9H2,1-3H3,(H2,18,20)(H,23,24). The molecule has 2 aromatic rings. The third kappa shape index (κ3) is 5.21. The van der Waals surface area contributed by atoms with Crippen molar-refractivity contribution in [3.8, 4) is 5.69 Å². The number of carbonyl (C=O) groups is 2. The molecule has 0 saturated carbocycles. The highest BCUT2D eigenvalue weighted by Crippen LogP contribution is 2.14. The molecule has 0 bridgehead atoms. The SMILES string of the molecule is CC(C)(C)OC(=O)N(Cc1cn(-c2ccc(/C(N)=N\O)cc2)cn1)C(=O)O. The fourth-order valence-corrected chi connectivity index (χ4v) is 2.14.